The molecule has 4 aromatic rings. The Morgan fingerprint density at radius 2 is 1.40 bits per heavy atom. The predicted molar refractivity (Wildman–Crippen MR) is 172 cm³/mol. The van der Waals surface area contributed by atoms with Crippen molar-refractivity contribution in [1.82, 2.24) is 4.90 Å². The Kier molecular flexibility index (Phi) is 7.55. The highest BCUT2D eigenvalue weighted by Gasteiger charge is 2.32. The third kappa shape index (κ3) is 5.22. The minimum atomic E-state index is -0.0326. The van der Waals surface area contributed by atoms with Crippen LogP contribution in [0.3, 0.4) is 0 Å². The van der Waals surface area contributed by atoms with Crippen LogP contribution in [0, 0.1) is 0 Å². The summed E-state index contributed by atoms with van der Waals surface area (Å²) in [7, 11) is 3.16. The van der Waals surface area contributed by atoms with E-state index in [1.54, 1.807) is 26.4 Å². The first-order valence-corrected chi connectivity index (χ1v) is 15.0. The van der Waals surface area contributed by atoms with Gasteiger partial charge in [0, 0.05) is 30.0 Å². The van der Waals surface area contributed by atoms with Crippen molar-refractivity contribution in [2.24, 2.45) is 4.99 Å². The number of hydrogen-bond donors (Lipinski definition) is 0. The van der Waals surface area contributed by atoms with Crippen molar-refractivity contribution < 1.29 is 28.5 Å². The molecule has 0 unspecified atom stereocenters. The number of carbonyl (C=O) groups is 2. The first-order chi connectivity index (χ1) is 22.1. The number of nitrogens with zero attached hydrogens (tertiary/aromatic N) is 2. The van der Waals surface area contributed by atoms with Crippen LogP contribution in [0.4, 0.5) is 5.69 Å². The number of aliphatic imine (C=N–C) groups is 1. The SMILES string of the molecule is COc1cc(C=C2c3ccccc3C(=O)c3ccccc32)ccc1OCCOc1cc2c(cc1OC)C(=O)N1CCC[C@H]1C=N2. The lowest BCUT2D eigenvalue weighted by molar-refractivity contribution is 0.0774. The van der Waals surface area contributed by atoms with Gasteiger partial charge in [0.1, 0.15) is 13.2 Å². The van der Waals surface area contributed by atoms with Gasteiger partial charge >= 0.3 is 0 Å². The minimum Gasteiger partial charge on any atom is -0.493 e. The summed E-state index contributed by atoms with van der Waals surface area (Å²) in [5.74, 6) is 2.12. The second-order valence-electron chi connectivity index (χ2n) is 11.1. The molecule has 0 bridgehead atoms. The molecule has 0 radical (unpaired) electrons. The topological polar surface area (TPSA) is 86.7 Å². The number of hydrogen-bond acceptors (Lipinski definition) is 7. The molecule has 4 aromatic carbocycles. The number of ketones is 1. The van der Waals surface area contributed by atoms with Crippen molar-refractivity contribution in [3.05, 3.63) is 112 Å². The highest BCUT2D eigenvalue weighted by Crippen LogP contribution is 2.40. The number of ether oxygens (including phenoxy) is 4. The summed E-state index contributed by atoms with van der Waals surface area (Å²) in [6, 6.07) is 24.6. The number of amides is 1. The standard InChI is InChI=1S/C37H32N2O6/c1-42-33-19-23(18-29-25-9-3-5-11-27(25)36(40)28-12-6-4-10-26(28)29)13-14-32(33)44-16-17-45-35-21-31-30(20-34(35)43-2)37(41)39-15-7-8-24(39)22-38-31/h3-6,9-14,18-22,24H,7-8,15-17H2,1-2H3/t24-/m0/s1. The van der Waals surface area contributed by atoms with E-state index in [2.05, 4.69) is 11.1 Å². The molecule has 1 fully saturated rings. The first-order valence-electron chi connectivity index (χ1n) is 15.0. The fraction of sp³-hybridized carbons (Fsp3) is 0.216. The van der Waals surface area contributed by atoms with Gasteiger partial charge in [0.2, 0.25) is 0 Å². The molecule has 45 heavy (non-hydrogen) atoms. The van der Waals surface area contributed by atoms with Crippen LogP contribution in [0.2, 0.25) is 0 Å². The summed E-state index contributed by atoms with van der Waals surface area (Å²) in [5.41, 5.74) is 6.18. The third-order valence-electron chi connectivity index (χ3n) is 8.48. The van der Waals surface area contributed by atoms with Gasteiger partial charge in [-0.1, -0.05) is 54.6 Å². The smallest absolute Gasteiger partial charge is 0.256 e. The second kappa shape index (κ2) is 12.0. The molecule has 8 heteroatoms. The van der Waals surface area contributed by atoms with E-state index in [9.17, 15) is 9.59 Å². The van der Waals surface area contributed by atoms with Gasteiger partial charge in [0.25, 0.3) is 5.91 Å². The summed E-state index contributed by atoms with van der Waals surface area (Å²) < 4.78 is 23.3. The molecular weight excluding hydrogens is 568 g/mol. The zero-order valence-corrected chi connectivity index (χ0v) is 25.1. The van der Waals surface area contributed by atoms with Gasteiger partial charge in [-0.3, -0.25) is 14.6 Å². The van der Waals surface area contributed by atoms with Gasteiger partial charge in [0.15, 0.2) is 28.8 Å². The van der Waals surface area contributed by atoms with Crippen LogP contribution in [0.5, 0.6) is 23.0 Å². The van der Waals surface area contributed by atoms with Crippen LogP contribution in [-0.4, -0.2) is 62.8 Å². The fourth-order valence-electron chi connectivity index (χ4n) is 6.26. The molecule has 7 rings (SSSR count). The molecule has 0 saturated carbocycles. The first kappa shape index (κ1) is 28.4. The van der Waals surface area contributed by atoms with E-state index < -0.39 is 0 Å². The van der Waals surface area contributed by atoms with Gasteiger partial charge in [-0.05, 0) is 59.4 Å². The zero-order valence-electron chi connectivity index (χ0n) is 25.1. The van der Waals surface area contributed by atoms with Gasteiger partial charge < -0.3 is 23.8 Å². The van der Waals surface area contributed by atoms with E-state index in [4.69, 9.17) is 18.9 Å². The molecule has 0 aromatic heterocycles. The number of methoxy groups -OCH3 is 2. The lowest BCUT2D eigenvalue weighted by atomic mass is 9.81. The molecule has 3 aliphatic rings. The second-order valence-corrected chi connectivity index (χ2v) is 11.1. The summed E-state index contributed by atoms with van der Waals surface area (Å²) in [4.78, 5) is 32.7. The molecule has 1 amide bonds. The largest absolute Gasteiger partial charge is 0.493 e. The molecular formula is C37H32N2O6. The van der Waals surface area contributed by atoms with Gasteiger partial charge in [0.05, 0.1) is 31.5 Å². The Bertz CT molecular complexity index is 1830. The predicted octanol–water partition coefficient (Wildman–Crippen LogP) is 6.62. The van der Waals surface area contributed by atoms with E-state index in [0.717, 1.165) is 41.6 Å². The van der Waals surface area contributed by atoms with Crippen molar-refractivity contribution in [3.63, 3.8) is 0 Å². The van der Waals surface area contributed by atoms with Crippen LogP contribution >= 0.6 is 0 Å². The van der Waals surface area contributed by atoms with Crippen LogP contribution in [-0.2, 0) is 0 Å². The molecule has 226 valence electrons. The van der Waals surface area contributed by atoms with Crippen LogP contribution in [0.1, 0.15) is 55.8 Å². The van der Waals surface area contributed by atoms with Crippen molar-refractivity contribution in [2.75, 3.05) is 34.0 Å². The molecule has 0 spiro atoms. The van der Waals surface area contributed by atoms with Crippen LogP contribution in [0.15, 0.2) is 83.9 Å². The van der Waals surface area contributed by atoms with Crippen molar-refractivity contribution in [1.29, 1.82) is 0 Å². The monoisotopic (exact) mass is 600 g/mol. The highest BCUT2D eigenvalue weighted by atomic mass is 16.5. The van der Waals surface area contributed by atoms with Crippen molar-refractivity contribution >= 4 is 35.2 Å². The number of fused-ring (bicyclic) bond motifs is 4. The molecule has 8 nitrogen and oxygen atoms in total. The summed E-state index contributed by atoms with van der Waals surface area (Å²) in [6.07, 6.45) is 5.83. The summed E-state index contributed by atoms with van der Waals surface area (Å²) >= 11 is 0. The lowest BCUT2D eigenvalue weighted by Gasteiger charge is -2.21. The van der Waals surface area contributed by atoms with E-state index in [0.29, 0.717) is 45.4 Å². The molecule has 1 saturated heterocycles. The Hall–Kier alpha value is -5.37. The third-order valence-corrected chi connectivity index (χ3v) is 8.48. The lowest BCUT2D eigenvalue weighted by Crippen LogP contribution is -2.35. The quantitative estimate of drug-likeness (QED) is 0.186. The van der Waals surface area contributed by atoms with Gasteiger partial charge in [-0.15, -0.1) is 0 Å². The maximum absolute atomic E-state index is 13.1. The van der Waals surface area contributed by atoms with Crippen molar-refractivity contribution in [3.8, 4) is 23.0 Å². The highest BCUT2D eigenvalue weighted by molar-refractivity contribution is 6.20. The average molecular weight is 601 g/mol. The molecule has 2 aliphatic heterocycles. The Morgan fingerprint density at radius 1 is 0.756 bits per heavy atom. The molecule has 0 N–H and O–H groups in total. The average Bonchev–Trinajstić information content (AvgIpc) is 3.51. The van der Waals surface area contributed by atoms with E-state index in [1.165, 1.54) is 0 Å². The number of carbonyl (C=O) groups excluding carboxylic acids is 2. The zero-order chi connectivity index (χ0) is 30.9. The Labute approximate surface area is 261 Å². The molecule has 1 aliphatic carbocycles. The summed E-state index contributed by atoms with van der Waals surface area (Å²) in [5, 5.41) is 0. The van der Waals surface area contributed by atoms with Crippen molar-refractivity contribution in [2.45, 2.75) is 18.9 Å². The Morgan fingerprint density at radius 3 is 2.09 bits per heavy atom. The number of rotatable bonds is 8. The maximum atomic E-state index is 13.1. The minimum absolute atomic E-state index is 0.0321. The Balaban J connectivity index is 1.07. The number of benzene rings is 4. The van der Waals surface area contributed by atoms with Crippen LogP contribution in [0.25, 0.3) is 11.6 Å². The van der Waals surface area contributed by atoms with E-state index >= 15 is 0 Å². The van der Waals surface area contributed by atoms with Crippen LogP contribution < -0.4 is 18.9 Å². The maximum Gasteiger partial charge on any atom is 0.256 e. The van der Waals surface area contributed by atoms with Gasteiger partial charge in [-0.2, -0.15) is 0 Å². The molecule has 1 atom stereocenters. The fourth-order valence-corrected chi connectivity index (χ4v) is 6.26. The molecule has 2 heterocycles. The van der Waals surface area contributed by atoms with E-state index in [1.807, 2.05) is 77.8 Å². The normalized spacial score (nSPS) is 16.3. The van der Waals surface area contributed by atoms with Gasteiger partial charge in [-0.25, -0.2) is 0 Å². The van der Waals surface area contributed by atoms with E-state index in [-0.39, 0.29) is 30.9 Å². The summed E-state index contributed by atoms with van der Waals surface area (Å²) in [6.45, 7) is 1.22.